The Labute approximate surface area is 59.3 Å². The molecule has 0 aromatic heterocycles. The largest absolute Gasteiger partial charge is 0.337 e. The van der Waals surface area contributed by atoms with Crippen molar-refractivity contribution in [1.29, 1.82) is 0 Å². The second kappa shape index (κ2) is 1.99. The van der Waals surface area contributed by atoms with Crippen LogP contribution in [-0.2, 0) is 4.89 Å². The maximum atomic E-state index is 4.92. The van der Waals surface area contributed by atoms with Crippen LogP contribution in [0.3, 0.4) is 0 Å². The van der Waals surface area contributed by atoms with E-state index < -0.39 is 0 Å². The van der Waals surface area contributed by atoms with E-state index in [1.165, 1.54) is 0 Å². The van der Waals surface area contributed by atoms with E-state index in [1.54, 1.807) is 0 Å². The van der Waals surface area contributed by atoms with Gasteiger partial charge in [-0.25, -0.2) is 0 Å². The van der Waals surface area contributed by atoms with Gasteiger partial charge >= 0.3 is 0 Å². The van der Waals surface area contributed by atoms with E-state index in [9.17, 15) is 0 Å². The highest BCUT2D eigenvalue weighted by molar-refractivity contribution is 5.35. The van der Waals surface area contributed by atoms with E-state index in [0.717, 1.165) is 11.3 Å². The molecule has 0 amide bonds. The zero-order valence-corrected chi connectivity index (χ0v) is 5.70. The molecule has 0 spiro atoms. The van der Waals surface area contributed by atoms with Crippen LogP contribution in [0.4, 0.5) is 0 Å². The van der Waals surface area contributed by atoms with E-state index in [0.29, 0.717) is 0 Å². The molecule has 1 aromatic carbocycles. The summed E-state index contributed by atoms with van der Waals surface area (Å²) in [7, 11) is 0. The van der Waals surface area contributed by atoms with Gasteiger partial charge in [0.05, 0.1) is 0 Å². The first-order valence-electron chi connectivity index (χ1n) is 3.30. The Morgan fingerprint density at radius 2 is 2.10 bits per heavy atom. The maximum absolute atomic E-state index is 4.92. The lowest BCUT2D eigenvalue weighted by Crippen LogP contribution is -1.88. The first-order valence-corrected chi connectivity index (χ1v) is 3.30. The molecule has 1 atom stereocenters. The Balaban J connectivity index is 2.51. The van der Waals surface area contributed by atoms with Crippen LogP contribution in [0, 0.1) is 0 Å². The zero-order valence-electron chi connectivity index (χ0n) is 5.70. The SMILES string of the molecule is CC1OOc2ccccc21. The third-order valence-corrected chi connectivity index (χ3v) is 1.64. The summed E-state index contributed by atoms with van der Waals surface area (Å²) in [6.45, 7) is 1.96. The van der Waals surface area contributed by atoms with Gasteiger partial charge in [0.25, 0.3) is 0 Å². The average molecular weight is 136 g/mol. The molecule has 1 unspecified atom stereocenters. The molecule has 2 heteroatoms. The first-order chi connectivity index (χ1) is 4.88. The van der Waals surface area contributed by atoms with Crippen molar-refractivity contribution in [3.8, 4) is 5.75 Å². The van der Waals surface area contributed by atoms with Crippen LogP contribution < -0.4 is 4.89 Å². The van der Waals surface area contributed by atoms with E-state index in [-0.39, 0.29) is 6.10 Å². The topological polar surface area (TPSA) is 18.5 Å². The molecule has 2 rings (SSSR count). The van der Waals surface area contributed by atoms with Crippen LogP contribution in [0.1, 0.15) is 18.6 Å². The molecule has 1 aliphatic heterocycles. The van der Waals surface area contributed by atoms with Gasteiger partial charge in [0, 0.05) is 5.56 Å². The molecule has 0 saturated carbocycles. The van der Waals surface area contributed by atoms with Gasteiger partial charge < -0.3 is 4.89 Å². The number of rotatable bonds is 0. The molecule has 0 saturated heterocycles. The Morgan fingerprint density at radius 3 is 2.90 bits per heavy atom. The molecule has 0 aliphatic carbocycles. The van der Waals surface area contributed by atoms with Crippen molar-refractivity contribution >= 4 is 0 Å². The lowest BCUT2D eigenvalue weighted by molar-refractivity contribution is -0.218. The van der Waals surface area contributed by atoms with Gasteiger partial charge in [0.15, 0.2) is 5.75 Å². The monoisotopic (exact) mass is 136 g/mol. The minimum atomic E-state index is 0.0798. The summed E-state index contributed by atoms with van der Waals surface area (Å²) < 4.78 is 0. The number of fused-ring (bicyclic) bond motifs is 1. The summed E-state index contributed by atoms with van der Waals surface area (Å²) in [4.78, 5) is 9.83. The highest BCUT2D eigenvalue weighted by Crippen LogP contribution is 2.33. The minimum Gasteiger partial charge on any atom is -0.337 e. The molecule has 1 aliphatic rings. The van der Waals surface area contributed by atoms with Gasteiger partial charge in [0.1, 0.15) is 6.10 Å². The number of hydrogen-bond donors (Lipinski definition) is 0. The van der Waals surface area contributed by atoms with Crippen molar-refractivity contribution in [2.24, 2.45) is 0 Å². The third kappa shape index (κ3) is 0.693. The summed E-state index contributed by atoms with van der Waals surface area (Å²) in [5.41, 5.74) is 1.13. The normalized spacial score (nSPS) is 21.9. The van der Waals surface area contributed by atoms with Gasteiger partial charge in [0.2, 0.25) is 0 Å². The summed E-state index contributed by atoms with van der Waals surface area (Å²) in [5, 5.41) is 0. The fourth-order valence-electron chi connectivity index (χ4n) is 1.07. The number of para-hydroxylation sites is 1. The summed E-state index contributed by atoms with van der Waals surface area (Å²) in [6.07, 6.45) is 0.0798. The Hall–Kier alpha value is -1.02. The molecule has 52 valence electrons. The summed E-state index contributed by atoms with van der Waals surface area (Å²) in [6, 6.07) is 7.82. The highest BCUT2D eigenvalue weighted by Gasteiger charge is 2.20. The van der Waals surface area contributed by atoms with E-state index >= 15 is 0 Å². The lowest BCUT2D eigenvalue weighted by atomic mass is 10.1. The molecule has 0 bridgehead atoms. The van der Waals surface area contributed by atoms with Crippen LogP contribution in [0.5, 0.6) is 5.75 Å². The second-order valence-corrected chi connectivity index (χ2v) is 2.36. The zero-order chi connectivity index (χ0) is 6.97. The van der Waals surface area contributed by atoms with Crippen LogP contribution in [0.25, 0.3) is 0 Å². The quantitative estimate of drug-likeness (QED) is 0.508. The van der Waals surface area contributed by atoms with E-state index in [1.807, 2.05) is 31.2 Å². The Morgan fingerprint density at radius 1 is 1.30 bits per heavy atom. The van der Waals surface area contributed by atoms with Crippen LogP contribution in [-0.4, -0.2) is 0 Å². The van der Waals surface area contributed by atoms with Crippen molar-refractivity contribution in [2.75, 3.05) is 0 Å². The maximum Gasteiger partial charge on any atom is 0.171 e. The standard InChI is InChI=1S/C8H8O2/c1-6-7-4-2-3-5-8(7)10-9-6/h2-6H,1H3. The first kappa shape index (κ1) is 5.74. The van der Waals surface area contributed by atoms with Crippen molar-refractivity contribution in [3.05, 3.63) is 29.8 Å². The predicted octanol–water partition coefficient (Wildman–Crippen LogP) is 2.07. The molecule has 0 N–H and O–H groups in total. The van der Waals surface area contributed by atoms with Gasteiger partial charge in [-0.3, -0.25) is 0 Å². The number of benzene rings is 1. The van der Waals surface area contributed by atoms with Gasteiger partial charge in [-0.1, -0.05) is 18.2 Å². The van der Waals surface area contributed by atoms with Crippen molar-refractivity contribution in [2.45, 2.75) is 13.0 Å². The van der Waals surface area contributed by atoms with Crippen molar-refractivity contribution in [3.63, 3.8) is 0 Å². The van der Waals surface area contributed by atoms with Crippen molar-refractivity contribution in [1.82, 2.24) is 0 Å². The molecule has 2 nitrogen and oxygen atoms in total. The van der Waals surface area contributed by atoms with Crippen LogP contribution >= 0.6 is 0 Å². The number of hydrogen-bond acceptors (Lipinski definition) is 2. The lowest BCUT2D eigenvalue weighted by Gasteiger charge is -1.94. The minimum absolute atomic E-state index is 0.0798. The molecule has 0 fully saturated rings. The highest BCUT2D eigenvalue weighted by atomic mass is 17.2. The molecule has 0 radical (unpaired) electrons. The van der Waals surface area contributed by atoms with Gasteiger partial charge in [-0.2, -0.15) is 4.89 Å². The van der Waals surface area contributed by atoms with Crippen LogP contribution in [0.15, 0.2) is 24.3 Å². The average Bonchev–Trinajstić information content (AvgIpc) is 2.34. The van der Waals surface area contributed by atoms with Gasteiger partial charge in [-0.05, 0) is 13.0 Å². The van der Waals surface area contributed by atoms with E-state index in [2.05, 4.69) is 0 Å². The molecule has 1 heterocycles. The summed E-state index contributed by atoms with van der Waals surface area (Å²) >= 11 is 0. The molecular formula is C8H8O2. The predicted molar refractivity (Wildman–Crippen MR) is 36.6 cm³/mol. The molecule has 1 aromatic rings. The Bertz CT molecular complexity index is 245. The van der Waals surface area contributed by atoms with E-state index in [4.69, 9.17) is 9.78 Å². The smallest absolute Gasteiger partial charge is 0.171 e. The fraction of sp³-hybridized carbons (Fsp3) is 0.250. The Kier molecular flexibility index (Phi) is 1.14. The van der Waals surface area contributed by atoms with Gasteiger partial charge in [-0.15, -0.1) is 0 Å². The third-order valence-electron chi connectivity index (χ3n) is 1.64. The second-order valence-electron chi connectivity index (χ2n) is 2.36. The molecule has 10 heavy (non-hydrogen) atoms. The molecular weight excluding hydrogens is 128 g/mol. The van der Waals surface area contributed by atoms with Crippen LogP contribution in [0.2, 0.25) is 0 Å². The van der Waals surface area contributed by atoms with Crippen molar-refractivity contribution < 1.29 is 9.78 Å². The summed E-state index contributed by atoms with van der Waals surface area (Å²) in [5.74, 6) is 0.843. The fourth-order valence-corrected chi connectivity index (χ4v) is 1.07.